The summed E-state index contributed by atoms with van der Waals surface area (Å²) >= 11 is 7.63. The van der Waals surface area contributed by atoms with Crippen molar-refractivity contribution in [1.29, 1.82) is 0 Å². The molecule has 0 aliphatic carbocycles. The quantitative estimate of drug-likeness (QED) is 0.190. The number of hydrogen-bond donors (Lipinski definition) is 2. The first kappa shape index (κ1) is 24.3. The lowest BCUT2D eigenvalue weighted by Crippen LogP contribution is -2.41. The molecule has 1 rings (SSSR count). The molecule has 5 nitrogen and oxygen atoms in total. The molecule has 0 aromatic heterocycles. The number of thioether (sulfide) groups is 1. The van der Waals surface area contributed by atoms with Crippen LogP contribution in [0.2, 0.25) is 5.02 Å². The second-order valence-corrected chi connectivity index (χ2v) is 7.56. The second-order valence-electron chi connectivity index (χ2n) is 5.96. The van der Waals surface area contributed by atoms with Gasteiger partial charge in [-0.2, -0.15) is 0 Å². The molecule has 0 aliphatic rings. The van der Waals surface area contributed by atoms with E-state index in [2.05, 4.69) is 29.5 Å². The number of carbonyl (C=O) groups is 1. The predicted molar refractivity (Wildman–Crippen MR) is 119 cm³/mol. The Kier molecular flexibility index (Phi) is 13.2. The fourth-order valence-electron chi connectivity index (χ4n) is 1.63. The van der Waals surface area contributed by atoms with Crippen LogP contribution in [-0.4, -0.2) is 56.2 Å². The number of rotatable bonds is 8. The molecule has 0 fully saturated rings. The summed E-state index contributed by atoms with van der Waals surface area (Å²) in [5.41, 5.74) is 0. The van der Waals surface area contributed by atoms with Crippen molar-refractivity contribution in [3.8, 4) is 0 Å². The van der Waals surface area contributed by atoms with Crippen LogP contribution in [0.5, 0.6) is 0 Å². The molecule has 1 aromatic rings. The van der Waals surface area contributed by atoms with Crippen LogP contribution in [-0.2, 0) is 4.79 Å². The Morgan fingerprint density at radius 2 is 1.88 bits per heavy atom. The number of nitrogens with one attached hydrogen (secondary N) is 2. The Morgan fingerprint density at radius 1 is 1.24 bits per heavy atom. The average Bonchev–Trinajstić information content (AvgIpc) is 2.54. The third-order valence-corrected chi connectivity index (χ3v) is 4.29. The molecule has 8 heteroatoms. The number of benzene rings is 1. The third kappa shape index (κ3) is 11.5. The number of halogens is 2. The summed E-state index contributed by atoms with van der Waals surface area (Å²) in [7, 11) is 3.46. The molecule has 0 saturated heterocycles. The number of nitrogens with zero attached hydrogens (tertiary/aromatic N) is 2. The zero-order chi connectivity index (χ0) is 17.9. The molecule has 25 heavy (non-hydrogen) atoms. The molecule has 142 valence electrons. The van der Waals surface area contributed by atoms with Crippen molar-refractivity contribution < 1.29 is 4.79 Å². The summed E-state index contributed by atoms with van der Waals surface area (Å²) in [6, 6.07) is 7.80. The van der Waals surface area contributed by atoms with Gasteiger partial charge in [0.15, 0.2) is 5.96 Å². The Labute approximate surface area is 177 Å². The lowest BCUT2D eigenvalue weighted by atomic mass is 10.2. The smallest absolute Gasteiger partial charge is 0.243 e. The maximum atomic E-state index is 11.7. The van der Waals surface area contributed by atoms with Crippen molar-refractivity contribution in [3.63, 3.8) is 0 Å². The average molecular weight is 499 g/mol. The Morgan fingerprint density at radius 3 is 2.44 bits per heavy atom. The van der Waals surface area contributed by atoms with E-state index in [4.69, 9.17) is 11.6 Å². The van der Waals surface area contributed by atoms with Crippen LogP contribution in [0, 0.1) is 5.92 Å². The number of carbonyl (C=O) groups excluding carboxylic acids is 1. The van der Waals surface area contributed by atoms with Gasteiger partial charge in [0.2, 0.25) is 5.91 Å². The first-order chi connectivity index (χ1) is 11.4. The molecule has 0 bridgehead atoms. The minimum absolute atomic E-state index is 0. The monoisotopic (exact) mass is 498 g/mol. The molecular formula is C17H28ClIN4OS. The van der Waals surface area contributed by atoms with Gasteiger partial charge in [0.05, 0.1) is 0 Å². The highest BCUT2D eigenvalue weighted by molar-refractivity contribution is 14.0. The first-order valence-electron chi connectivity index (χ1n) is 7.99. The highest BCUT2D eigenvalue weighted by Gasteiger charge is 2.05. The van der Waals surface area contributed by atoms with E-state index in [1.54, 1.807) is 30.8 Å². The Balaban J connectivity index is 0.00000576. The number of amides is 1. The predicted octanol–water partition coefficient (Wildman–Crippen LogP) is 3.33. The molecule has 2 N–H and O–H groups in total. The van der Waals surface area contributed by atoms with Gasteiger partial charge in [-0.3, -0.25) is 4.79 Å². The van der Waals surface area contributed by atoms with Gasteiger partial charge in [-0.25, -0.2) is 4.99 Å². The second kappa shape index (κ2) is 13.5. The van der Waals surface area contributed by atoms with Crippen molar-refractivity contribution in [2.45, 2.75) is 18.7 Å². The Bertz CT molecular complexity index is 538. The lowest BCUT2D eigenvalue weighted by molar-refractivity contribution is -0.127. The molecule has 1 aromatic carbocycles. The van der Waals surface area contributed by atoms with E-state index in [0.29, 0.717) is 11.9 Å². The lowest BCUT2D eigenvalue weighted by Gasteiger charge is -2.15. The van der Waals surface area contributed by atoms with Crippen LogP contribution < -0.4 is 10.6 Å². The van der Waals surface area contributed by atoms with Gasteiger partial charge in [-0.1, -0.05) is 25.4 Å². The maximum Gasteiger partial charge on any atom is 0.243 e. The summed E-state index contributed by atoms with van der Waals surface area (Å²) in [5, 5.41) is 7.28. The van der Waals surface area contributed by atoms with Crippen LogP contribution in [0.15, 0.2) is 34.2 Å². The SMILES string of the molecule is CC(C)CNC(=NCC(=O)N(C)C)NCCSc1ccc(Cl)cc1.I. The van der Waals surface area contributed by atoms with Crippen molar-refractivity contribution >= 4 is 59.2 Å². The van der Waals surface area contributed by atoms with E-state index in [1.807, 2.05) is 24.3 Å². The molecule has 1 amide bonds. The van der Waals surface area contributed by atoms with Gasteiger partial charge in [0.1, 0.15) is 6.54 Å². The summed E-state index contributed by atoms with van der Waals surface area (Å²) in [6.45, 7) is 5.97. The zero-order valence-corrected chi connectivity index (χ0v) is 19.1. The molecule has 0 radical (unpaired) electrons. The van der Waals surface area contributed by atoms with Crippen LogP contribution in [0.1, 0.15) is 13.8 Å². The molecule has 0 spiro atoms. The van der Waals surface area contributed by atoms with Crippen LogP contribution in [0.4, 0.5) is 0 Å². The number of guanidine groups is 1. The summed E-state index contributed by atoms with van der Waals surface area (Å²) in [5.74, 6) is 2.06. The van der Waals surface area contributed by atoms with E-state index in [9.17, 15) is 4.79 Å². The first-order valence-corrected chi connectivity index (χ1v) is 9.35. The minimum atomic E-state index is -0.0174. The van der Waals surface area contributed by atoms with Crippen LogP contribution in [0.3, 0.4) is 0 Å². The van der Waals surface area contributed by atoms with Crippen LogP contribution >= 0.6 is 47.3 Å². The van der Waals surface area contributed by atoms with Gasteiger partial charge >= 0.3 is 0 Å². The molecule has 0 aliphatic heterocycles. The molecular weight excluding hydrogens is 471 g/mol. The topological polar surface area (TPSA) is 56.7 Å². The number of likely N-dealkylation sites (N-methyl/N-ethyl adjacent to an activating group) is 1. The van der Waals surface area contributed by atoms with Gasteiger partial charge in [-0.15, -0.1) is 35.7 Å². The van der Waals surface area contributed by atoms with E-state index in [-0.39, 0.29) is 36.4 Å². The largest absolute Gasteiger partial charge is 0.356 e. The molecule has 0 atom stereocenters. The van der Waals surface area contributed by atoms with Crippen molar-refractivity contribution in [3.05, 3.63) is 29.3 Å². The van der Waals surface area contributed by atoms with Crippen molar-refractivity contribution in [2.24, 2.45) is 10.9 Å². The molecule has 0 unspecified atom stereocenters. The van der Waals surface area contributed by atoms with E-state index < -0.39 is 0 Å². The van der Waals surface area contributed by atoms with Crippen LogP contribution in [0.25, 0.3) is 0 Å². The molecule has 0 saturated carbocycles. The summed E-state index contributed by atoms with van der Waals surface area (Å²) < 4.78 is 0. The van der Waals surface area contributed by atoms with Gasteiger partial charge in [0, 0.05) is 42.9 Å². The minimum Gasteiger partial charge on any atom is -0.356 e. The highest BCUT2D eigenvalue weighted by Crippen LogP contribution is 2.19. The normalized spacial score (nSPS) is 11.0. The van der Waals surface area contributed by atoms with E-state index >= 15 is 0 Å². The molecule has 0 heterocycles. The van der Waals surface area contributed by atoms with E-state index in [1.165, 1.54) is 4.90 Å². The van der Waals surface area contributed by atoms with Crippen molar-refractivity contribution in [2.75, 3.05) is 39.5 Å². The summed E-state index contributed by atoms with van der Waals surface area (Å²) in [6.07, 6.45) is 0. The van der Waals surface area contributed by atoms with Gasteiger partial charge in [0.25, 0.3) is 0 Å². The number of hydrogen-bond acceptors (Lipinski definition) is 3. The fraction of sp³-hybridized carbons (Fsp3) is 0.529. The third-order valence-electron chi connectivity index (χ3n) is 3.03. The zero-order valence-electron chi connectivity index (χ0n) is 15.2. The Hall–Kier alpha value is -0.670. The summed E-state index contributed by atoms with van der Waals surface area (Å²) in [4.78, 5) is 18.7. The standard InChI is InChI=1S/C17H27ClN4OS.HI/c1-13(2)11-20-17(21-12-16(23)22(3)4)19-9-10-24-15-7-5-14(18)6-8-15;/h5-8,13H,9-12H2,1-4H3,(H2,19,20,21);1H. The van der Waals surface area contributed by atoms with E-state index in [0.717, 1.165) is 23.9 Å². The van der Waals surface area contributed by atoms with Gasteiger partial charge < -0.3 is 15.5 Å². The van der Waals surface area contributed by atoms with Gasteiger partial charge in [-0.05, 0) is 30.2 Å². The highest BCUT2D eigenvalue weighted by atomic mass is 127. The fourth-order valence-corrected chi connectivity index (χ4v) is 2.53. The number of aliphatic imine (C=N–C) groups is 1. The van der Waals surface area contributed by atoms with Crippen molar-refractivity contribution in [1.82, 2.24) is 15.5 Å². The maximum absolute atomic E-state index is 11.7.